The number of nitrogens with one attached hydrogen (secondary N) is 1. The maximum absolute atomic E-state index is 11.5. The Kier molecular flexibility index (Phi) is 6.21. The zero-order valence-corrected chi connectivity index (χ0v) is 13.7. The van der Waals surface area contributed by atoms with Crippen molar-refractivity contribution in [1.82, 2.24) is 10.2 Å². The van der Waals surface area contributed by atoms with Crippen LogP contribution in [-0.4, -0.2) is 51.0 Å². The Morgan fingerprint density at radius 1 is 1.10 bits per heavy atom. The number of sulfone groups is 1. The van der Waals surface area contributed by atoms with Crippen LogP contribution in [0.4, 0.5) is 0 Å². The minimum Gasteiger partial charge on any atom is -0.316 e. The molecule has 0 atom stereocenters. The SMILES string of the molecule is CCCNCCc1ccccc1CN1CCS(=O)(=O)CC1. The molecule has 0 amide bonds. The van der Waals surface area contributed by atoms with Gasteiger partial charge in [0.1, 0.15) is 0 Å². The lowest BCUT2D eigenvalue weighted by Crippen LogP contribution is -2.39. The molecule has 1 aromatic rings. The molecule has 1 aliphatic heterocycles. The molecule has 0 unspecified atom stereocenters. The summed E-state index contributed by atoms with van der Waals surface area (Å²) >= 11 is 0. The maximum Gasteiger partial charge on any atom is 0.152 e. The van der Waals surface area contributed by atoms with E-state index < -0.39 is 9.84 Å². The molecule has 2 rings (SSSR count). The normalized spacial score (nSPS) is 18.7. The molecule has 0 bridgehead atoms. The van der Waals surface area contributed by atoms with E-state index in [1.807, 2.05) is 0 Å². The molecule has 1 heterocycles. The van der Waals surface area contributed by atoms with Gasteiger partial charge in [-0.15, -0.1) is 0 Å². The molecule has 1 fully saturated rings. The van der Waals surface area contributed by atoms with E-state index in [1.165, 1.54) is 11.1 Å². The highest BCUT2D eigenvalue weighted by Crippen LogP contribution is 2.14. The molecule has 1 saturated heterocycles. The van der Waals surface area contributed by atoms with Crippen LogP contribution in [0.5, 0.6) is 0 Å². The molecule has 1 N–H and O–H groups in total. The molecule has 5 heteroatoms. The van der Waals surface area contributed by atoms with Crippen LogP contribution in [0.15, 0.2) is 24.3 Å². The predicted octanol–water partition coefficient (Wildman–Crippen LogP) is 1.46. The average Bonchev–Trinajstić information content (AvgIpc) is 2.47. The van der Waals surface area contributed by atoms with Gasteiger partial charge in [-0.05, 0) is 37.1 Å². The summed E-state index contributed by atoms with van der Waals surface area (Å²) in [4.78, 5) is 2.25. The van der Waals surface area contributed by atoms with Crippen molar-refractivity contribution >= 4 is 9.84 Å². The highest BCUT2D eigenvalue weighted by atomic mass is 32.2. The van der Waals surface area contributed by atoms with Crippen molar-refractivity contribution in [2.45, 2.75) is 26.3 Å². The van der Waals surface area contributed by atoms with Gasteiger partial charge in [0.2, 0.25) is 0 Å². The van der Waals surface area contributed by atoms with Gasteiger partial charge in [0.25, 0.3) is 0 Å². The number of hydrogen-bond donors (Lipinski definition) is 1. The van der Waals surface area contributed by atoms with E-state index >= 15 is 0 Å². The molecule has 21 heavy (non-hydrogen) atoms. The zero-order valence-electron chi connectivity index (χ0n) is 12.8. The largest absolute Gasteiger partial charge is 0.316 e. The topological polar surface area (TPSA) is 49.4 Å². The minimum atomic E-state index is -2.79. The first-order valence-corrected chi connectivity index (χ1v) is 9.63. The van der Waals surface area contributed by atoms with Crippen LogP contribution in [0.25, 0.3) is 0 Å². The third-order valence-corrected chi connectivity index (χ3v) is 5.56. The monoisotopic (exact) mass is 310 g/mol. The number of hydrogen-bond acceptors (Lipinski definition) is 4. The predicted molar refractivity (Wildman–Crippen MR) is 87.2 cm³/mol. The van der Waals surface area contributed by atoms with E-state index in [0.29, 0.717) is 24.6 Å². The molecule has 0 aliphatic carbocycles. The first kappa shape index (κ1) is 16.5. The third-order valence-electron chi connectivity index (χ3n) is 3.95. The molecule has 0 spiro atoms. The van der Waals surface area contributed by atoms with Crippen molar-refractivity contribution in [3.63, 3.8) is 0 Å². The number of benzene rings is 1. The lowest BCUT2D eigenvalue weighted by molar-refractivity contribution is 0.287. The summed E-state index contributed by atoms with van der Waals surface area (Å²) in [6.45, 7) is 6.41. The summed E-state index contributed by atoms with van der Waals surface area (Å²) in [7, 11) is -2.79. The van der Waals surface area contributed by atoms with Crippen LogP contribution in [0.3, 0.4) is 0 Å². The van der Waals surface area contributed by atoms with Gasteiger partial charge in [-0.25, -0.2) is 8.42 Å². The van der Waals surface area contributed by atoms with E-state index in [9.17, 15) is 8.42 Å². The van der Waals surface area contributed by atoms with Crippen molar-refractivity contribution in [1.29, 1.82) is 0 Å². The van der Waals surface area contributed by atoms with Gasteiger partial charge in [0.15, 0.2) is 9.84 Å². The maximum atomic E-state index is 11.5. The Morgan fingerprint density at radius 2 is 1.76 bits per heavy atom. The molecule has 1 aliphatic rings. The third kappa shape index (κ3) is 5.41. The van der Waals surface area contributed by atoms with E-state index in [2.05, 4.69) is 41.4 Å². The number of rotatable bonds is 7. The second-order valence-corrected chi connectivity index (χ2v) is 8.00. The number of nitrogens with zero attached hydrogens (tertiary/aromatic N) is 1. The van der Waals surface area contributed by atoms with Crippen LogP contribution in [0.2, 0.25) is 0 Å². The van der Waals surface area contributed by atoms with Crippen molar-refractivity contribution in [2.75, 3.05) is 37.7 Å². The molecular formula is C16H26N2O2S. The molecular weight excluding hydrogens is 284 g/mol. The smallest absolute Gasteiger partial charge is 0.152 e. The fraction of sp³-hybridized carbons (Fsp3) is 0.625. The van der Waals surface area contributed by atoms with E-state index in [0.717, 1.165) is 32.5 Å². The Hall–Kier alpha value is -0.910. The molecule has 0 saturated carbocycles. The molecule has 0 aromatic heterocycles. The minimum absolute atomic E-state index is 0.299. The highest BCUT2D eigenvalue weighted by Gasteiger charge is 2.21. The highest BCUT2D eigenvalue weighted by molar-refractivity contribution is 7.91. The molecule has 118 valence electrons. The average molecular weight is 310 g/mol. The standard InChI is InChI=1S/C16H26N2O2S/c1-2-8-17-9-7-15-5-3-4-6-16(15)14-18-10-12-21(19,20)13-11-18/h3-6,17H,2,7-14H2,1H3. The van der Waals surface area contributed by atoms with E-state index in [4.69, 9.17) is 0 Å². The zero-order chi connectivity index (χ0) is 15.1. The Morgan fingerprint density at radius 3 is 2.43 bits per heavy atom. The van der Waals surface area contributed by atoms with Crippen LogP contribution >= 0.6 is 0 Å². The van der Waals surface area contributed by atoms with Crippen molar-refractivity contribution in [3.05, 3.63) is 35.4 Å². The van der Waals surface area contributed by atoms with Gasteiger partial charge in [0.05, 0.1) is 11.5 Å². The summed E-state index contributed by atoms with van der Waals surface area (Å²) in [6, 6.07) is 8.50. The lowest BCUT2D eigenvalue weighted by Gasteiger charge is -2.27. The molecule has 0 radical (unpaired) electrons. The second-order valence-electron chi connectivity index (χ2n) is 5.70. The van der Waals surface area contributed by atoms with Gasteiger partial charge in [-0.3, -0.25) is 4.90 Å². The molecule has 4 nitrogen and oxygen atoms in total. The van der Waals surface area contributed by atoms with Crippen molar-refractivity contribution in [3.8, 4) is 0 Å². The van der Waals surface area contributed by atoms with Gasteiger partial charge < -0.3 is 5.32 Å². The summed E-state index contributed by atoms with van der Waals surface area (Å²) < 4.78 is 23.0. The van der Waals surface area contributed by atoms with Crippen molar-refractivity contribution < 1.29 is 8.42 Å². The van der Waals surface area contributed by atoms with Crippen LogP contribution < -0.4 is 5.32 Å². The van der Waals surface area contributed by atoms with E-state index in [1.54, 1.807) is 0 Å². The summed E-state index contributed by atoms with van der Waals surface area (Å²) in [5, 5.41) is 3.43. The fourth-order valence-electron chi connectivity index (χ4n) is 2.63. The Labute approximate surface area is 128 Å². The quantitative estimate of drug-likeness (QED) is 0.775. The van der Waals surface area contributed by atoms with Crippen LogP contribution in [-0.2, 0) is 22.8 Å². The van der Waals surface area contributed by atoms with Crippen LogP contribution in [0.1, 0.15) is 24.5 Å². The summed E-state index contributed by atoms with van der Waals surface area (Å²) in [5.41, 5.74) is 2.70. The van der Waals surface area contributed by atoms with E-state index in [-0.39, 0.29) is 0 Å². The van der Waals surface area contributed by atoms with Gasteiger partial charge >= 0.3 is 0 Å². The Balaban J connectivity index is 1.90. The molecule has 1 aromatic carbocycles. The van der Waals surface area contributed by atoms with Crippen LogP contribution in [0, 0.1) is 0 Å². The lowest BCUT2D eigenvalue weighted by atomic mass is 10.0. The summed E-state index contributed by atoms with van der Waals surface area (Å²) in [5.74, 6) is 0.598. The Bertz CT molecular complexity index is 529. The second kappa shape index (κ2) is 7.92. The van der Waals surface area contributed by atoms with Gasteiger partial charge in [-0.1, -0.05) is 31.2 Å². The summed E-state index contributed by atoms with van der Waals surface area (Å²) in [6.07, 6.45) is 2.19. The first-order chi connectivity index (χ1) is 10.1. The first-order valence-electron chi connectivity index (χ1n) is 7.81. The fourth-order valence-corrected chi connectivity index (χ4v) is 3.91. The van der Waals surface area contributed by atoms with Gasteiger partial charge in [-0.2, -0.15) is 0 Å². The van der Waals surface area contributed by atoms with Gasteiger partial charge in [0, 0.05) is 19.6 Å². The van der Waals surface area contributed by atoms with Crippen molar-refractivity contribution in [2.24, 2.45) is 0 Å².